The molecule has 1 amide bonds. The summed E-state index contributed by atoms with van der Waals surface area (Å²) in [5.41, 5.74) is 3.15. The minimum Gasteiger partial charge on any atom is -0.357 e. The highest BCUT2D eigenvalue weighted by Gasteiger charge is 2.27. The molecule has 0 bridgehead atoms. The summed E-state index contributed by atoms with van der Waals surface area (Å²) in [6, 6.07) is 14.4. The fourth-order valence-electron chi connectivity index (χ4n) is 3.54. The first-order valence-electron chi connectivity index (χ1n) is 10.0. The van der Waals surface area contributed by atoms with Gasteiger partial charge in [0.1, 0.15) is 5.82 Å². The summed E-state index contributed by atoms with van der Waals surface area (Å²) in [6.45, 7) is 5.58. The van der Waals surface area contributed by atoms with Crippen LogP contribution in [-0.2, 0) is 24.2 Å². The molecule has 3 aromatic rings. The zero-order chi connectivity index (χ0) is 20.4. The van der Waals surface area contributed by atoms with Gasteiger partial charge in [-0.1, -0.05) is 36.4 Å². The lowest BCUT2D eigenvalue weighted by atomic mass is 10.0. The summed E-state index contributed by atoms with van der Waals surface area (Å²) in [5, 5.41) is 2.02. The van der Waals surface area contributed by atoms with Crippen LogP contribution >= 0.6 is 11.3 Å². The van der Waals surface area contributed by atoms with Crippen molar-refractivity contribution in [3.8, 4) is 11.4 Å². The quantitative estimate of drug-likeness (QED) is 0.638. The normalized spacial score (nSPS) is 13.4. The predicted molar refractivity (Wildman–Crippen MR) is 118 cm³/mol. The lowest BCUT2D eigenvalue weighted by molar-refractivity contribution is -0.131. The Bertz CT molecular complexity index is 986. The maximum absolute atomic E-state index is 12.9. The van der Waals surface area contributed by atoms with Gasteiger partial charge in [0.25, 0.3) is 0 Å². The SMILES string of the molecule is CC(C)N(C)c1nc(-c2ccccc2)nc2c1CN(C(=O)Cc1cccs1)CC2. The van der Waals surface area contributed by atoms with Gasteiger partial charge in [0, 0.05) is 42.1 Å². The fourth-order valence-corrected chi connectivity index (χ4v) is 4.23. The fraction of sp³-hybridized carbons (Fsp3) is 0.348. The number of amides is 1. The summed E-state index contributed by atoms with van der Waals surface area (Å²) < 4.78 is 0. The molecule has 0 N–H and O–H groups in total. The van der Waals surface area contributed by atoms with Crippen molar-refractivity contribution in [3.05, 3.63) is 64.0 Å². The second-order valence-corrected chi connectivity index (χ2v) is 8.72. The van der Waals surface area contributed by atoms with Crippen molar-refractivity contribution in [2.24, 2.45) is 0 Å². The average molecular weight is 407 g/mol. The highest BCUT2D eigenvalue weighted by molar-refractivity contribution is 7.10. The molecule has 5 nitrogen and oxygen atoms in total. The summed E-state index contributed by atoms with van der Waals surface area (Å²) in [7, 11) is 2.06. The molecule has 0 radical (unpaired) electrons. The number of carbonyl (C=O) groups excluding carboxylic acids is 1. The summed E-state index contributed by atoms with van der Waals surface area (Å²) in [6.07, 6.45) is 1.22. The van der Waals surface area contributed by atoms with Gasteiger partial charge in [-0.15, -0.1) is 11.3 Å². The van der Waals surface area contributed by atoms with E-state index in [1.165, 1.54) is 0 Å². The zero-order valence-electron chi connectivity index (χ0n) is 17.1. The minimum atomic E-state index is 0.170. The van der Waals surface area contributed by atoms with Gasteiger partial charge in [-0.05, 0) is 25.3 Å². The van der Waals surface area contributed by atoms with Crippen LogP contribution in [0, 0.1) is 0 Å². The van der Waals surface area contributed by atoms with E-state index in [4.69, 9.17) is 9.97 Å². The van der Waals surface area contributed by atoms with Crippen molar-refractivity contribution in [3.63, 3.8) is 0 Å². The Kier molecular flexibility index (Phi) is 5.62. The van der Waals surface area contributed by atoms with E-state index in [0.29, 0.717) is 25.6 Å². The van der Waals surface area contributed by atoms with Crippen molar-refractivity contribution in [2.45, 2.75) is 39.3 Å². The lowest BCUT2D eigenvalue weighted by Crippen LogP contribution is -2.39. The van der Waals surface area contributed by atoms with Gasteiger partial charge in [-0.3, -0.25) is 4.79 Å². The first kappa shape index (κ1) is 19.6. The Morgan fingerprint density at radius 3 is 2.66 bits per heavy atom. The molecule has 0 spiro atoms. The number of thiophene rings is 1. The molecule has 4 rings (SSSR count). The van der Waals surface area contributed by atoms with Gasteiger partial charge in [-0.25, -0.2) is 9.97 Å². The molecule has 150 valence electrons. The van der Waals surface area contributed by atoms with Crippen molar-refractivity contribution >= 4 is 23.1 Å². The van der Waals surface area contributed by atoms with Crippen LogP contribution in [0.25, 0.3) is 11.4 Å². The number of anilines is 1. The Morgan fingerprint density at radius 1 is 1.17 bits per heavy atom. The maximum Gasteiger partial charge on any atom is 0.228 e. The first-order valence-corrected chi connectivity index (χ1v) is 10.9. The van der Waals surface area contributed by atoms with Crippen LogP contribution in [0.15, 0.2) is 47.8 Å². The summed E-state index contributed by atoms with van der Waals surface area (Å²) >= 11 is 1.63. The van der Waals surface area contributed by atoms with E-state index >= 15 is 0 Å². The zero-order valence-corrected chi connectivity index (χ0v) is 17.9. The molecule has 2 aromatic heterocycles. The van der Waals surface area contributed by atoms with Gasteiger partial charge in [0.2, 0.25) is 5.91 Å². The van der Waals surface area contributed by atoms with Gasteiger partial charge >= 0.3 is 0 Å². The van der Waals surface area contributed by atoms with Crippen molar-refractivity contribution in [1.82, 2.24) is 14.9 Å². The summed E-state index contributed by atoms with van der Waals surface area (Å²) in [5.74, 6) is 1.85. The Morgan fingerprint density at radius 2 is 1.97 bits per heavy atom. The highest BCUT2D eigenvalue weighted by atomic mass is 32.1. The molecule has 0 saturated carbocycles. The highest BCUT2D eigenvalue weighted by Crippen LogP contribution is 2.30. The van der Waals surface area contributed by atoms with Crippen molar-refractivity contribution in [2.75, 3.05) is 18.5 Å². The number of benzene rings is 1. The third-order valence-electron chi connectivity index (χ3n) is 5.44. The topological polar surface area (TPSA) is 49.3 Å². The standard InChI is InChI=1S/C23H26N4OS/c1-16(2)26(3)23-19-15-27(21(28)14-18-10-7-13-29-18)12-11-20(19)24-22(25-23)17-8-5-4-6-9-17/h4-10,13,16H,11-12,14-15H2,1-3H3. The molecular weight excluding hydrogens is 380 g/mol. The average Bonchev–Trinajstić information content (AvgIpc) is 3.25. The molecule has 0 atom stereocenters. The maximum atomic E-state index is 12.9. The van der Waals surface area contributed by atoms with Crippen molar-refractivity contribution in [1.29, 1.82) is 0 Å². The molecule has 0 unspecified atom stereocenters. The monoisotopic (exact) mass is 406 g/mol. The number of aromatic nitrogens is 2. The molecule has 29 heavy (non-hydrogen) atoms. The van der Waals surface area contributed by atoms with Gasteiger partial charge in [0.15, 0.2) is 5.82 Å². The molecule has 1 aromatic carbocycles. The van der Waals surface area contributed by atoms with Crippen molar-refractivity contribution < 1.29 is 4.79 Å². The predicted octanol–water partition coefficient (Wildman–Crippen LogP) is 4.18. The van der Waals surface area contributed by atoms with Crippen LogP contribution in [0.3, 0.4) is 0 Å². The van der Waals surface area contributed by atoms with Crippen LogP contribution < -0.4 is 4.90 Å². The number of carbonyl (C=O) groups is 1. The van der Waals surface area contributed by atoms with E-state index in [0.717, 1.165) is 39.8 Å². The van der Waals surface area contributed by atoms with E-state index in [1.54, 1.807) is 11.3 Å². The van der Waals surface area contributed by atoms with E-state index in [9.17, 15) is 4.79 Å². The molecule has 0 saturated heterocycles. The van der Waals surface area contributed by atoms with Gasteiger partial charge < -0.3 is 9.80 Å². The van der Waals surface area contributed by atoms with Crippen LogP contribution in [0.4, 0.5) is 5.82 Å². The number of fused-ring (bicyclic) bond motifs is 1. The van der Waals surface area contributed by atoms with Crippen LogP contribution in [0.5, 0.6) is 0 Å². The van der Waals surface area contributed by atoms with Crippen LogP contribution in [-0.4, -0.2) is 40.4 Å². The van der Waals surface area contributed by atoms with Crippen LogP contribution in [0.2, 0.25) is 0 Å². The molecular formula is C23H26N4OS. The second-order valence-electron chi connectivity index (χ2n) is 7.69. The molecule has 0 aliphatic carbocycles. The Labute approximate surface area is 176 Å². The van der Waals surface area contributed by atoms with E-state index in [1.807, 2.05) is 52.7 Å². The number of hydrogen-bond acceptors (Lipinski definition) is 5. The van der Waals surface area contributed by atoms with E-state index < -0.39 is 0 Å². The summed E-state index contributed by atoms with van der Waals surface area (Å²) in [4.78, 5) is 27.9. The van der Waals surface area contributed by atoms with Gasteiger partial charge in [0.05, 0.1) is 18.7 Å². The Hall–Kier alpha value is -2.73. The minimum absolute atomic E-state index is 0.170. The number of hydrogen-bond donors (Lipinski definition) is 0. The van der Waals surface area contributed by atoms with Crippen LogP contribution in [0.1, 0.15) is 30.0 Å². The number of nitrogens with zero attached hydrogens (tertiary/aromatic N) is 4. The molecule has 1 aliphatic heterocycles. The number of rotatable bonds is 5. The third kappa shape index (κ3) is 4.17. The molecule has 3 heterocycles. The third-order valence-corrected chi connectivity index (χ3v) is 6.31. The van der Waals surface area contributed by atoms with E-state index in [2.05, 4.69) is 25.8 Å². The molecule has 6 heteroatoms. The molecule has 1 aliphatic rings. The smallest absolute Gasteiger partial charge is 0.228 e. The second kappa shape index (κ2) is 8.33. The first-order chi connectivity index (χ1) is 14.0. The van der Waals surface area contributed by atoms with Gasteiger partial charge in [-0.2, -0.15) is 0 Å². The largest absolute Gasteiger partial charge is 0.357 e. The molecule has 0 fully saturated rings. The Balaban J connectivity index is 1.67. The lowest BCUT2D eigenvalue weighted by Gasteiger charge is -2.33. The van der Waals surface area contributed by atoms with E-state index in [-0.39, 0.29) is 5.91 Å².